The van der Waals surface area contributed by atoms with E-state index in [4.69, 9.17) is 0 Å². The Kier molecular flexibility index (Phi) is 4.77. The summed E-state index contributed by atoms with van der Waals surface area (Å²) in [4.78, 5) is 4.32. The lowest BCUT2D eigenvalue weighted by Gasteiger charge is -2.14. The molecule has 7 heteroatoms. The van der Waals surface area contributed by atoms with Crippen molar-refractivity contribution in [3.05, 3.63) is 29.6 Å². The Balaban J connectivity index is 2.26. The highest BCUT2D eigenvalue weighted by molar-refractivity contribution is 5.77. The number of halogens is 3. The van der Waals surface area contributed by atoms with Crippen molar-refractivity contribution >= 4 is 11.0 Å². The topological polar surface area (TPSA) is 50.1 Å². The third kappa shape index (κ3) is 3.59. The van der Waals surface area contributed by atoms with Crippen LogP contribution in [-0.4, -0.2) is 27.3 Å². The number of nitrogens with zero attached hydrogens (tertiary/aromatic N) is 2. The summed E-state index contributed by atoms with van der Waals surface area (Å²) in [7, 11) is 1.78. The average molecular weight is 315 g/mol. The summed E-state index contributed by atoms with van der Waals surface area (Å²) in [5.74, 6) is 0.667. The van der Waals surface area contributed by atoms with Crippen LogP contribution in [0.3, 0.4) is 0 Å². The van der Waals surface area contributed by atoms with Crippen molar-refractivity contribution in [2.45, 2.75) is 38.6 Å². The summed E-state index contributed by atoms with van der Waals surface area (Å²) in [5.41, 5.74) is 0.294. The van der Waals surface area contributed by atoms with Gasteiger partial charge in [-0.05, 0) is 45.0 Å². The van der Waals surface area contributed by atoms with Gasteiger partial charge >= 0.3 is 6.18 Å². The third-order valence-corrected chi connectivity index (χ3v) is 3.64. The fourth-order valence-electron chi connectivity index (χ4n) is 2.38. The van der Waals surface area contributed by atoms with E-state index in [9.17, 15) is 18.3 Å². The second-order valence-electron chi connectivity index (χ2n) is 5.54. The zero-order valence-corrected chi connectivity index (χ0v) is 12.8. The highest BCUT2D eigenvalue weighted by atomic mass is 19.4. The number of alkyl halides is 3. The Bertz CT molecular complexity index is 649. The molecule has 2 atom stereocenters. The summed E-state index contributed by atoms with van der Waals surface area (Å²) in [5, 5.41) is 12.5. The number of fused-ring (bicyclic) bond motifs is 1. The van der Waals surface area contributed by atoms with E-state index in [1.807, 2.05) is 6.92 Å². The van der Waals surface area contributed by atoms with Crippen molar-refractivity contribution in [2.24, 2.45) is 7.05 Å². The van der Waals surface area contributed by atoms with Gasteiger partial charge in [0.1, 0.15) is 5.82 Å². The molecule has 4 nitrogen and oxygen atoms in total. The van der Waals surface area contributed by atoms with E-state index in [1.165, 1.54) is 6.07 Å². The van der Waals surface area contributed by atoms with E-state index in [2.05, 4.69) is 10.3 Å². The lowest BCUT2D eigenvalue weighted by Crippen LogP contribution is -2.24. The number of aliphatic hydroxyl groups excluding tert-OH is 1. The number of imidazole rings is 1. The first-order chi connectivity index (χ1) is 10.2. The van der Waals surface area contributed by atoms with E-state index in [-0.39, 0.29) is 6.04 Å². The minimum absolute atomic E-state index is 0.120. The first kappa shape index (κ1) is 16.8. The molecule has 0 radical (unpaired) electrons. The van der Waals surface area contributed by atoms with Crippen LogP contribution in [-0.2, 0) is 13.2 Å². The summed E-state index contributed by atoms with van der Waals surface area (Å²) in [6.07, 6.45) is -4.16. The Labute approximate surface area is 127 Å². The summed E-state index contributed by atoms with van der Waals surface area (Å²) < 4.78 is 40.0. The molecule has 1 aromatic carbocycles. The Morgan fingerprint density at radius 1 is 1.32 bits per heavy atom. The van der Waals surface area contributed by atoms with Crippen molar-refractivity contribution in [3.63, 3.8) is 0 Å². The fraction of sp³-hybridized carbons (Fsp3) is 0.533. The molecule has 2 unspecified atom stereocenters. The minimum Gasteiger partial charge on any atom is -0.393 e. The van der Waals surface area contributed by atoms with E-state index in [0.717, 1.165) is 12.1 Å². The van der Waals surface area contributed by atoms with Crippen LogP contribution in [0.2, 0.25) is 0 Å². The van der Waals surface area contributed by atoms with E-state index >= 15 is 0 Å². The number of hydrogen-bond acceptors (Lipinski definition) is 3. The first-order valence-corrected chi connectivity index (χ1v) is 7.15. The molecule has 2 N–H and O–H groups in total. The summed E-state index contributed by atoms with van der Waals surface area (Å²) >= 11 is 0. The predicted octanol–water partition coefficient (Wildman–Crippen LogP) is 3.01. The molecule has 22 heavy (non-hydrogen) atoms. The number of nitrogens with one attached hydrogen (secondary N) is 1. The molecule has 0 spiro atoms. The molecule has 2 aromatic rings. The lowest BCUT2D eigenvalue weighted by atomic mass is 10.2. The maximum atomic E-state index is 12.8. The van der Waals surface area contributed by atoms with Crippen molar-refractivity contribution in [2.75, 3.05) is 6.54 Å². The second kappa shape index (κ2) is 6.26. The summed E-state index contributed by atoms with van der Waals surface area (Å²) in [6, 6.07) is 3.46. The Morgan fingerprint density at radius 2 is 2.00 bits per heavy atom. The molecular formula is C15H20F3N3O. The van der Waals surface area contributed by atoms with Gasteiger partial charge in [-0.25, -0.2) is 4.98 Å². The molecule has 0 aliphatic heterocycles. The van der Waals surface area contributed by atoms with Gasteiger partial charge in [-0.2, -0.15) is 13.2 Å². The van der Waals surface area contributed by atoms with Crippen LogP contribution < -0.4 is 5.32 Å². The van der Waals surface area contributed by atoms with Crippen molar-refractivity contribution in [1.29, 1.82) is 0 Å². The van der Waals surface area contributed by atoms with Gasteiger partial charge in [-0.15, -0.1) is 0 Å². The van der Waals surface area contributed by atoms with E-state index < -0.39 is 17.8 Å². The van der Waals surface area contributed by atoms with Gasteiger partial charge in [0.2, 0.25) is 0 Å². The highest BCUT2D eigenvalue weighted by Crippen LogP contribution is 2.31. The van der Waals surface area contributed by atoms with E-state index in [0.29, 0.717) is 29.8 Å². The minimum atomic E-state index is -4.37. The Hall–Kier alpha value is -1.60. The fourth-order valence-corrected chi connectivity index (χ4v) is 2.38. The number of hydrogen-bond donors (Lipinski definition) is 2. The van der Waals surface area contributed by atoms with Gasteiger partial charge in [0, 0.05) is 7.05 Å². The zero-order chi connectivity index (χ0) is 16.5. The smallest absolute Gasteiger partial charge is 0.393 e. The quantitative estimate of drug-likeness (QED) is 0.892. The van der Waals surface area contributed by atoms with Crippen LogP contribution in [0.25, 0.3) is 11.0 Å². The highest BCUT2D eigenvalue weighted by Gasteiger charge is 2.31. The standard InChI is InChI=1S/C15H20F3N3O/c1-9(22)6-7-19-10(2)14-20-12-8-11(15(16,17)18)4-5-13(12)21(14)3/h4-5,8-10,19,22H,6-7H2,1-3H3. The number of benzene rings is 1. The molecule has 0 aliphatic carbocycles. The largest absolute Gasteiger partial charge is 0.416 e. The maximum Gasteiger partial charge on any atom is 0.416 e. The zero-order valence-electron chi connectivity index (χ0n) is 12.8. The van der Waals surface area contributed by atoms with Gasteiger partial charge in [0.15, 0.2) is 0 Å². The molecule has 0 fully saturated rings. The predicted molar refractivity (Wildman–Crippen MR) is 78.4 cm³/mol. The molecule has 122 valence electrons. The van der Waals surface area contributed by atoms with Crippen LogP contribution >= 0.6 is 0 Å². The maximum absolute atomic E-state index is 12.8. The molecule has 0 aliphatic rings. The van der Waals surface area contributed by atoms with Crippen molar-refractivity contribution in [1.82, 2.24) is 14.9 Å². The molecule has 0 bridgehead atoms. The first-order valence-electron chi connectivity index (χ1n) is 7.15. The van der Waals surface area contributed by atoms with Crippen LogP contribution in [0.4, 0.5) is 13.2 Å². The molecule has 2 rings (SSSR count). The van der Waals surface area contributed by atoms with Gasteiger partial charge in [-0.3, -0.25) is 0 Å². The molecule has 1 heterocycles. The molecule has 0 saturated heterocycles. The van der Waals surface area contributed by atoms with Crippen molar-refractivity contribution in [3.8, 4) is 0 Å². The monoisotopic (exact) mass is 315 g/mol. The van der Waals surface area contributed by atoms with E-state index in [1.54, 1.807) is 18.5 Å². The number of aryl methyl sites for hydroxylation is 1. The van der Waals surface area contributed by atoms with Crippen LogP contribution in [0, 0.1) is 0 Å². The molecular weight excluding hydrogens is 295 g/mol. The molecule has 0 saturated carbocycles. The number of aromatic nitrogens is 2. The molecule has 0 amide bonds. The number of aliphatic hydroxyl groups is 1. The lowest BCUT2D eigenvalue weighted by molar-refractivity contribution is -0.137. The van der Waals surface area contributed by atoms with Crippen LogP contribution in [0.5, 0.6) is 0 Å². The second-order valence-corrected chi connectivity index (χ2v) is 5.54. The van der Waals surface area contributed by atoms with Gasteiger partial charge in [0.25, 0.3) is 0 Å². The number of rotatable bonds is 5. The SMILES string of the molecule is CC(O)CCNC(C)c1nc2cc(C(F)(F)F)ccc2n1C. The van der Waals surface area contributed by atoms with Gasteiger partial charge in [0.05, 0.1) is 28.7 Å². The van der Waals surface area contributed by atoms with Crippen LogP contribution in [0.15, 0.2) is 18.2 Å². The van der Waals surface area contributed by atoms with Gasteiger partial charge < -0.3 is 15.0 Å². The Morgan fingerprint density at radius 3 is 2.59 bits per heavy atom. The van der Waals surface area contributed by atoms with Gasteiger partial charge in [-0.1, -0.05) is 0 Å². The summed E-state index contributed by atoms with van der Waals surface area (Å²) in [6.45, 7) is 4.21. The third-order valence-electron chi connectivity index (χ3n) is 3.64. The van der Waals surface area contributed by atoms with Crippen molar-refractivity contribution < 1.29 is 18.3 Å². The van der Waals surface area contributed by atoms with Crippen LogP contribution in [0.1, 0.15) is 37.7 Å². The average Bonchev–Trinajstić information content (AvgIpc) is 2.74. The molecule has 1 aromatic heterocycles. The normalized spacial score (nSPS) is 15.2.